The molecule has 0 N–H and O–H groups in total. The van der Waals surface area contributed by atoms with Gasteiger partial charge in [-0.3, -0.25) is 4.79 Å². The van der Waals surface area contributed by atoms with Crippen molar-refractivity contribution in [1.82, 2.24) is 0 Å². The fraction of sp³-hybridized carbons (Fsp3) is 0.250. The molecule has 0 spiro atoms. The summed E-state index contributed by atoms with van der Waals surface area (Å²) < 4.78 is 1.97. The lowest BCUT2D eigenvalue weighted by Crippen LogP contribution is -2.00. The number of hydrogen-bond acceptors (Lipinski definition) is 1. The third-order valence-electron chi connectivity index (χ3n) is 2.04. The van der Waals surface area contributed by atoms with Crippen LogP contribution >= 0.6 is 38.5 Å². The molecule has 0 atom stereocenters. The Morgan fingerprint density at radius 1 is 1.53 bits per heavy atom. The molecule has 1 nitrogen and oxygen atoms in total. The molecule has 15 heavy (non-hydrogen) atoms. The molecule has 80 valence electrons. The monoisotopic (exact) mass is 378 g/mol. The Morgan fingerprint density at radius 3 is 2.93 bits per heavy atom. The molecule has 0 saturated heterocycles. The molecular formula is C12H12BrIO. The molecule has 0 aromatic heterocycles. The van der Waals surface area contributed by atoms with Crippen molar-refractivity contribution in [1.29, 1.82) is 0 Å². The van der Waals surface area contributed by atoms with E-state index in [4.69, 9.17) is 0 Å². The van der Waals surface area contributed by atoms with E-state index in [1.165, 1.54) is 0 Å². The molecule has 1 aromatic carbocycles. The minimum absolute atomic E-state index is 0.197. The molecule has 0 saturated carbocycles. The van der Waals surface area contributed by atoms with E-state index in [2.05, 4.69) is 45.1 Å². The third kappa shape index (κ3) is 4.07. The topological polar surface area (TPSA) is 17.1 Å². The molecule has 0 heterocycles. The highest BCUT2D eigenvalue weighted by Gasteiger charge is 2.09. The number of rotatable bonds is 5. The van der Waals surface area contributed by atoms with Crippen molar-refractivity contribution in [2.24, 2.45) is 0 Å². The Balaban J connectivity index is 2.72. The predicted molar refractivity (Wildman–Crippen MR) is 75.2 cm³/mol. The molecule has 0 unspecified atom stereocenters. The van der Waals surface area contributed by atoms with E-state index in [0.717, 1.165) is 26.4 Å². The Bertz CT molecular complexity index is 374. The van der Waals surface area contributed by atoms with Gasteiger partial charge in [0.2, 0.25) is 0 Å². The molecule has 0 aliphatic heterocycles. The smallest absolute Gasteiger partial charge is 0.164 e. The summed E-state index contributed by atoms with van der Waals surface area (Å²) in [4.78, 5) is 11.8. The first kappa shape index (κ1) is 12.9. The van der Waals surface area contributed by atoms with Gasteiger partial charge in [-0.05, 0) is 53.6 Å². The van der Waals surface area contributed by atoms with Crippen molar-refractivity contribution in [2.45, 2.75) is 19.3 Å². The standard InChI is InChI=1S/C12H12BrIO/c1-2-3-4-5-12(15)10-8-9(14)6-7-11(10)13/h2,6-8H,1,3-5H2. The highest BCUT2D eigenvalue weighted by atomic mass is 127. The summed E-state index contributed by atoms with van der Waals surface area (Å²) in [5.41, 5.74) is 0.783. The number of hydrogen-bond donors (Lipinski definition) is 0. The molecular weight excluding hydrogens is 367 g/mol. The van der Waals surface area contributed by atoms with Crippen molar-refractivity contribution in [3.8, 4) is 0 Å². The zero-order valence-electron chi connectivity index (χ0n) is 8.30. The second kappa shape index (κ2) is 6.43. The number of benzene rings is 1. The fourth-order valence-corrected chi connectivity index (χ4v) is 2.21. The average molecular weight is 379 g/mol. The maximum Gasteiger partial charge on any atom is 0.164 e. The first-order chi connectivity index (χ1) is 7.15. The number of carbonyl (C=O) groups is 1. The summed E-state index contributed by atoms with van der Waals surface area (Å²) in [7, 11) is 0. The summed E-state index contributed by atoms with van der Waals surface area (Å²) in [6.45, 7) is 3.64. The van der Waals surface area contributed by atoms with Gasteiger partial charge >= 0.3 is 0 Å². The van der Waals surface area contributed by atoms with Crippen molar-refractivity contribution < 1.29 is 4.79 Å². The first-order valence-corrected chi connectivity index (χ1v) is 6.61. The van der Waals surface area contributed by atoms with E-state index >= 15 is 0 Å². The average Bonchev–Trinajstić information content (AvgIpc) is 2.22. The van der Waals surface area contributed by atoms with Gasteiger partial charge in [0.15, 0.2) is 5.78 Å². The van der Waals surface area contributed by atoms with Crippen LogP contribution in [0.25, 0.3) is 0 Å². The molecule has 0 aliphatic carbocycles. The predicted octanol–water partition coefficient (Wildman–Crippen LogP) is 4.59. The van der Waals surface area contributed by atoms with Gasteiger partial charge in [0, 0.05) is 20.0 Å². The number of ketones is 1. The molecule has 0 fully saturated rings. The zero-order chi connectivity index (χ0) is 11.3. The summed E-state index contributed by atoms with van der Waals surface area (Å²) in [5, 5.41) is 0. The van der Waals surface area contributed by atoms with Crippen LogP contribution in [0.3, 0.4) is 0 Å². The quantitative estimate of drug-likeness (QED) is 0.317. The third-order valence-corrected chi connectivity index (χ3v) is 3.40. The van der Waals surface area contributed by atoms with Crippen LogP contribution in [0.15, 0.2) is 35.3 Å². The molecule has 0 bridgehead atoms. The molecule has 1 aromatic rings. The van der Waals surface area contributed by atoms with Crippen molar-refractivity contribution in [3.05, 3.63) is 44.5 Å². The van der Waals surface area contributed by atoms with Gasteiger partial charge < -0.3 is 0 Å². The number of unbranched alkanes of at least 4 members (excludes halogenated alkanes) is 1. The van der Waals surface area contributed by atoms with Crippen LogP contribution in [0.1, 0.15) is 29.6 Å². The van der Waals surface area contributed by atoms with Crippen LogP contribution in [0, 0.1) is 3.57 Å². The van der Waals surface area contributed by atoms with Crippen molar-refractivity contribution in [3.63, 3.8) is 0 Å². The van der Waals surface area contributed by atoms with Crippen LogP contribution in [-0.4, -0.2) is 5.78 Å². The number of allylic oxidation sites excluding steroid dienone is 1. The van der Waals surface area contributed by atoms with Crippen LogP contribution < -0.4 is 0 Å². The van der Waals surface area contributed by atoms with Gasteiger partial charge in [0.05, 0.1) is 0 Å². The number of Topliss-reactive ketones (excluding diaryl/α,β-unsaturated/α-hetero) is 1. The van der Waals surface area contributed by atoms with Gasteiger partial charge in [-0.25, -0.2) is 0 Å². The van der Waals surface area contributed by atoms with E-state index in [1.807, 2.05) is 24.3 Å². The van der Waals surface area contributed by atoms with E-state index in [9.17, 15) is 4.79 Å². The molecule has 3 heteroatoms. The van der Waals surface area contributed by atoms with E-state index < -0.39 is 0 Å². The second-order valence-corrected chi connectivity index (χ2v) is 5.33. The van der Waals surface area contributed by atoms with E-state index in [0.29, 0.717) is 6.42 Å². The van der Waals surface area contributed by atoms with Gasteiger partial charge in [-0.2, -0.15) is 0 Å². The van der Waals surface area contributed by atoms with Crippen molar-refractivity contribution in [2.75, 3.05) is 0 Å². The molecule has 1 rings (SSSR count). The van der Waals surface area contributed by atoms with E-state index in [1.54, 1.807) is 0 Å². The van der Waals surface area contributed by atoms with Crippen LogP contribution in [0.5, 0.6) is 0 Å². The Kier molecular flexibility index (Phi) is 5.53. The van der Waals surface area contributed by atoms with Gasteiger partial charge in [0.1, 0.15) is 0 Å². The van der Waals surface area contributed by atoms with Gasteiger partial charge in [-0.1, -0.05) is 22.0 Å². The summed E-state index contributed by atoms with van der Waals surface area (Å²) in [5.74, 6) is 0.197. The van der Waals surface area contributed by atoms with Crippen LogP contribution in [0.2, 0.25) is 0 Å². The Hall–Kier alpha value is -0.160. The van der Waals surface area contributed by atoms with Crippen LogP contribution in [0.4, 0.5) is 0 Å². The second-order valence-electron chi connectivity index (χ2n) is 3.23. The molecule has 0 amide bonds. The minimum atomic E-state index is 0.197. The lowest BCUT2D eigenvalue weighted by atomic mass is 10.1. The SMILES string of the molecule is C=CCCCC(=O)c1cc(I)ccc1Br. The highest BCUT2D eigenvalue weighted by Crippen LogP contribution is 2.21. The highest BCUT2D eigenvalue weighted by molar-refractivity contribution is 14.1. The Labute approximate surface area is 112 Å². The maximum absolute atomic E-state index is 11.8. The van der Waals surface area contributed by atoms with Crippen LogP contribution in [-0.2, 0) is 0 Å². The van der Waals surface area contributed by atoms with E-state index in [-0.39, 0.29) is 5.78 Å². The molecule has 0 aliphatic rings. The fourth-order valence-electron chi connectivity index (χ4n) is 1.25. The summed E-state index contributed by atoms with van der Waals surface area (Å²) in [6.07, 6.45) is 4.20. The number of halogens is 2. The van der Waals surface area contributed by atoms with Gasteiger partial charge in [0.25, 0.3) is 0 Å². The Morgan fingerprint density at radius 2 is 2.27 bits per heavy atom. The minimum Gasteiger partial charge on any atom is -0.294 e. The summed E-state index contributed by atoms with van der Waals surface area (Å²) >= 11 is 5.61. The largest absolute Gasteiger partial charge is 0.294 e. The zero-order valence-corrected chi connectivity index (χ0v) is 12.0. The summed E-state index contributed by atoms with van der Waals surface area (Å²) in [6, 6.07) is 5.81. The lowest BCUT2D eigenvalue weighted by Gasteiger charge is -2.03. The lowest BCUT2D eigenvalue weighted by molar-refractivity contribution is 0.0979. The maximum atomic E-state index is 11.8. The normalized spacial score (nSPS) is 10.0. The first-order valence-electron chi connectivity index (χ1n) is 4.74. The van der Waals surface area contributed by atoms with Crippen molar-refractivity contribution >= 4 is 44.3 Å². The number of carbonyl (C=O) groups excluding carboxylic acids is 1. The van der Waals surface area contributed by atoms with Gasteiger partial charge in [-0.15, -0.1) is 6.58 Å². The molecule has 0 radical (unpaired) electrons.